The number of phenols is 1. The highest BCUT2D eigenvalue weighted by atomic mass is 79.9. The third-order valence-corrected chi connectivity index (χ3v) is 3.93. The molecule has 0 radical (unpaired) electrons. The molecule has 0 heterocycles. The highest BCUT2D eigenvalue weighted by molar-refractivity contribution is 9.10. The number of benzene rings is 1. The first-order valence-electron chi connectivity index (χ1n) is 6.69. The average Bonchev–Trinajstić information content (AvgIpc) is 2.36. The molecule has 0 spiro atoms. The molecule has 0 aliphatic rings. The number of aliphatic hydroxyl groups is 1. The first-order valence-corrected chi connectivity index (χ1v) is 7.48. The van der Waals surface area contributed by atoms with E-state index in [2.05, 4.69) is 42.0 Å². The van der Waals surface area contributed by atoms with Crippen molar-refractivity contribution in [2.45, 2.75) is 39.8 Å². The van der Waals surface area contributed by atoms with E-state index in [1.54, 1.807) is 0 Å². The lowest BCUT2D eigenvalue weighted by molar-refractivity contribution is 0.196. The third kappa shape index (κ3) is 4.65. The quantitative estimate of drug-likeness (QED) is 0.741. The number of hydrogen-bond donors (Lipinski definition) is 3. The molecule has 0 amide bonds. The van der Waals surface area contributed by atoms with Crippen molar-refractivity contribution in [3.8, 4) is 11.5 Å². The summed E-state index contributed by atoms with van der Waals surface area (Å²) in [5, 5.41) is 22.4. The van der Waals surface area contributed by atoms with E-state index in [0.29, 0.717) is 23.2 Å². The zero-order chi connectivity index (χ0) is 15.3. The Balaban J connectivity index is 2.80. The topological polar surface area (TPSA) is 61.7 Å². The Bertz CT molecular complexity index is 443. The first kappa shape index (κ1) is 17.3. The van der Waals surface area contributed by atoms with Crippen LogP contribution >= 0.6 is 15.9 Å². The number of phenolic OH excluding ortho intramolecular Hbond substituents is 1. The normalized spacial score (nSPS) is 13.3. The molecule has 114 valence electrons. The third-order valence-electron chi connectivity index (χ3n) is 3.32. The van der Waals surface area contributed by atoms with Crippen molar-refractivity contribution in [3.63, 3.8) is 0 Å². The average molecular weight is 346 g/mol. The van der Waals surface area contributed by atoms with Crippen molar-refractivity contribution in [2.75, 3.05) is 13.7 Å². The fourth-order valence-electron chi connectivity index (χ4n) is 2.10. The molecule has 0 saturated heterocycles. The van der Waals surface area contributed by atoms with E-state index < -0.39 is 0 Å². The van der Waals surface area contributed by atoms with Gasteiger partial charge in [-0.15, -0.1) is 0 Å². The largest absolute Gasteiger partial charge is 0.503 e. The second-order valence-electron chi connectivity index (χ2n) is 5.94. The highest BCUT2D eigenvalue weighted by Crippen LogP contribution is 2.35. The number of nitrogens with one attached hydrogen (secondary N) is 1. The predicted molar refractivity (Wildman–Crippen MR) is 84.1 cm³/mol. The molecule has 4 nitrogen and oxygen atoms in total. The van der Waals surface area contributed by atoms with E-state index in [-0.39, 0.29) is 23.8 Å². The van der Waals surface area contributed by atoms with Crippen LogP contribution in [-0.2, 0) is 6.54 Å². The van der Waals surface area contributed by atoms with Gasteiger partial charge < -0.3 is 20.3 Å². The maximum atomic E-state index is 9.79. The van der Waals surface area contributed by atoms with Gasteiger partial charge in [-0.1, -0.05) is 20.8 Å². The number of halogens is 1. The molecule has 1 atom stereocenters. The van der Waals surface area contributed by atoms with Crippen LogP contribution in [0.3, 0.4) is 0 Å². The molecule has 0 saturated carbocycles. The minimum absolute atomic E-state index is 0.0704. The molecule has 1 unspecified atom stereocenters. The second kappa shape index (κ2) is 7.29. The Morgan fingerprint density at radius 1 is 1.35 bits per heavy atom. The maximum absolute atomic E-state index is 9.79. The fourth-order valence-corrected chi connectivity index (χ4v) is 2.59. The van der Waals surface area contributed by atoms with Crippen molar-refractivity contribution >= 4 is 15.9 Å². The van der Waals surface area contributed by atoms with Crippen LogP contribution in [0.2, 0.25) is 0 Å². The summed E-state index contributed by atoms with van der Waals surface area (Å²) in [7, 11) is 1.53. The van der Waals surface area contributed by atoms with Gasteiger partial charge in [0.2, 0.25) is 0 Å². The van der Waals surface area contributed by atoms with E-state index in [9.17, 15) is 5.11 Å². The van der Waals surface area contributed by atoms with Crippen molar-refractivity contribution in [3.05, 3.63) is 22.2 Å². The van der Waals surface area contributed by atoms with Gasteiger partial charge in [-0.25, -0.2) is 0 Å². The van der Waals surface area contributed by atoms with Gasteiger partial charge >= 0.3 is 0 Å². The standard InChI is InChI=1S/C15H24BrNO3/c1-15(2,3)13(5-6-18)17-9-10-7-11(16)14(19)12(8-10)20-4/h7-8,13,17-19H,5-6,9H2,1-4H3. The zero-order valence-electron chi connectivity index (χ0n) is 12.5. The minimum Gasteiger partial charge on any atom is -0.503 e. The number of ether oxygens (including phenoxy) is 1. The molecule has 20 heavy (non-hydrogen) atoms. The highest BCUT2D eigenvalue weighted by Gasteiger charge is 2.23. The minimum atomic E-state index is 0.0704. The summed E-state index contributed by atoms with van der Waals surface area (Å²) in [5.74, 6) is 0.560. The van der Waals surface area contributed by atoms with Crippen LogP contribution in [0.25, 0.3) is 0 Å². The number of hydrogen-bond acceptors (Lipinski definition) is 4. The van der Waals surface area contributed by atoms with E-state index in [1.165, 1.54) is 7.11 Å². The predicted octanol–water partition coefficient (Wildman–Crippen LogP) is 3.05. The first-order chi connectivity index (χ1) is 9.29. The lowest BCUT2D eigenvalue weighted by Gasteiger charge is -2.31. The molecule has 0 aliphatic carbocycles. The second-order valence-corrected chi connectivity index (χ2v) is 6.79. The van der Waals surface area contributed by atoms with Crippen molar-refractivity contribution < 1.29 is 14.9 Å². The summed E-state index contributed by atoms with van der Waals surface area (Å²) in [6, 6.07) is 3.89. The molecule has 5 heteroatoms. The molecule has 0 fully saturated rings. The molecule has 1 rings (SSSR count). The Hall–Kier alpha value is -0.780. The van der Waals surface area contributed by atoms with Gasteiger partial charge in [0.25, 0.3) is 0 Å². The summed E-state index contributed by atoms with van der Waals surface area (Å²) in [5.41, 5.74) is 1.08. The Kier molecular flexibility index (Phi) is 6.30. The summed E-state index contributed by atoms with van der Waals surface area (Å²) < 4.78 is 5.75. The Labute approximate surface area is 129 Å². The van der Waals surface area contributed by atoms with Gasteiger partial charge in [0.1, 0.15) is 0 Å². The monoisotopic (exact) mass is 345 g/mol. The van der Waals surface area contributed by atoms with Gasteiger partial charge in [0.15, 0.2) is 11.5 Å². The lowest BCUT2D eigenvalue weighted by Crippen LogP contribution is -2.40. The molecule has 0 aliphatic heterocycles. The number of aliphatic hydroxyl groups excluding tert-OH is 1. The van der Waals surface area contributed by atoms with Crippen LogP contribution in [0.5, 0.6) is 11.5 Å². The lowest BCUT2D eigenvalue weighted by atomic mass is 9.85. The number of aromatic hydroxyl groups is 1. The van der Waals surface area contributed by atoms with E-state index >= 15 is 0 Å². The summed E-state index contributed by atoms with van der Waals surface area (Å²) >= 11 is 3.32. The summed E-state index contributed by atoms with van der Waals surface area (Å²) in [4.78, 5) is 0. The number of rotatable bonds is 6. The van der Waals surface area contributed by atoms with Crippen molar-refractivity contribution in [1.29, 1.82) is 0 Å². The zero-order valence-corrected chi connectivity index (χ0v) is 14.1. The molecular weight excluding hydrogens is 322 g/mol. The Morgan fingerprint density at radius 2 is 2.00 bits per heavy atom. The molecular formula is C15H24BrNO3. The molecule has 0 aromatic heterocycles. The van der Waals surface area contributed by atoms with E-state index in [4.69, 9.17) is 9.84 Å². The summed E-state index contributed by atoms with van der Waals surface area (Å²) in [6.07, 6.45) is 0.708. The molecule has 0 bridgehead atoms. The SMILES string of the molecule is COc1cc(CNC(CCO)C(C)(C)C)cc(Br)c1O. The van der Waals surface area contributed by atoms with Crippen molar-refractivity contribution in [1.82, 2.24) is 5.32 Å². The van der Waals surface area contributed by atoms with Crippen LogP contribution in [0.4, 0.5) is 0 Å². The van der Waals surface area contributed by atoms with Gasteiger partial charge in [0.05, 0.1) is 11.6 Å². The Morgan fingerprint density at radius 3 is 2.50 bits per heavy atom. The van der Waals surface area contributed by atoms with Crippen LogP contribution in [-0.4, -0.2) is 30.0 Å². The van der Waals surface area contributed by atoms with Gasteiger partial charge in [0, 0.05) is 19.2 Å². The van der Waals surface area contributed by atoms with Crippen LogP contribution < -0.4 is 10.1 Å². The van der Waals surface area contributed by atoms with Gasteiger partial charge in [-0.2, -0.15) is 0 Å². The smallest absolute Gasteiger partial charge is 0.172 e. The van der Waals surface area contributed by atoms with Crippen molar-refractivity contribution in [2.24, 2.45) is 5.41 Å². The molecule has 1 aromatic carbocycles. The molecule has 1 aromatic rings. The molecule has 3 N–H and O–H groups in total. The fraction of sp³-hybridized carbons (Fsp3) is 0.600. The number of methoxy groups -OCH3 is 1. The maximum Gasteiger partial charge on any atom is 0.172 e. The van der Waals surface area contributed by atoms with E-state index in [1.807, 2.05) is 12.1 Å². The van der Waals surface area contributed by atoms with E-state index in [0.717, 1.165) is 5.56 Å². The van der Waals surface area contributed by atoms with Gasteiger partial charge in [-0.3, -0.25) is 0 Å². The van der Waals surface area contributed by atoms with Crippen LogP contribution in [0, 0.1) is 5.41 Å². The van der Waals surface area contributed by atoms with Gasteiger partial charge in [-0.05, 0) is 45.5 Å². The summed E-state index contributed by atoms with van der Waals surface area (Å²) in [6.45, 7) is 7.25. The van der Waals surface area contributed by atoms with Crippen LogP contribution in [0.1, 0.15) is 32.8 Å². The van der Waals surface area contributed by atoms with Crippen LogP contribution in [0.15, 0.2) is 16.6 Å².